The number of rotatable bonds is 2. The smallest absolute Gasteiger partial charge is 0.240 e. The van der Waals surface area contributed by atoms with Gasteiger partial charge in [0.1, 0.15) is 18.3 Å². The van der Waals surface area contributed by atoms with Crippen molar-refractivity contribution in [1.29, 1.82) is 0 Å². The van der Waals surface area contributed by atoms with Crippen molar-refractivity contribution < 1.29 is 34.1 Å². The van der Waals surface area contributed by atoms with Crippen molar-refractivity contribution in [2.24, 2.45) is 5.41 Å². The Morgan fingerprint density at radius 2 is 1.74 bits per heavy atom. The molecule has 5 aliphatic rings. The first-order chi connectivity index (χ1) is 18.5. The molecule has 220 valence electrons. The van der Waals surface area contributed by atoms with Gasteiger partial charge >= 0.3 is 0 Å². The maximum Gasteiger partial charge on any atom is 0.240 e. The molecule has 0 radical (unpaired) electrons. The standard InChI is InChI=1S/C28H46N4O7/c1-28(2,3)12-24(34)31-15-19-14-30(8-9-38-19)27(37)20-10-17(13-32(20)18-6-4-5-7-18)29-23(33)11-21-25(35)26(36)22(16-31)39-21/h17-22,25-26,35-36H,4-16H2,1-3H3,(H,29,33)/t17-,19-,20-,21-,22+,25-,26+/m0/s1. The molecule has 0 aromatic heterocycles. The Bertz CT molecular complexity index is 920. The van der Waals surface area contributed by atoms with Crippen molar-refractivity contribution in [3.05, 3.63) is 0 Å². The van der Waals surface area contributed by atoms with Gasteiger partial charge in [0, 0.05) is 51.2 Å². The molecule has 4 saturated heterocycles. The summed E-state index contributed by atoms with van der Waals surface area (Å²) < 4.78 is 12.0. The second-order valence-electron chi connectivity index (χ2n) is 13.4. The average molecular weight is 551 g/mol. The minimum absolute atomic E-state index is 0.0692. The quantitative estimate of drug-likeness (QED) is 0.434. The van der Waals surface area contributed by atoms with E-state index in [-0.39, 0.29) is 60.8 Å². The van der Waals surface area contributed by atoms with Gasteiger partial charge in [-0.2, -0.15) is 0 Å². The predicted molar refractivity (Wildman–Crippen MR) is 142 cm³/mol. The van der Waals surface area contributed by atoms with E-state index in [0.29, 0.717) is 45.1 Å². The van der Waals surface area contributed by atoms with Gasteiger partial charge in [-0.05, 0) is 24.7 Å². The molecule has 0 aromatic carbocycles. The van der Waals surface area contributed by atoms with E-state index in [1.54, 1.807) is 4.90 Å². The van der Waals surface area contributed by atoms with Crippen LogP contribution in [0, 0.1) is 5.41 Å². The zero-order chi connectivity index (χ0) is 27.9. The minimum atomic E-state index is -1.23. The lowest BCUT2D eigenvalue weighted by molar-refractivity contribution is -0.148. The van der Waals surface area contributed by atoms with Gasteiger partial charge in [0.15, 0.2) is 0 Å². The van der Waals surface area contributed by atoms with E-state index < -0.39 is 24.4 Å². The van der Waals surface area contributed by atoms with E-state index in [2.05, 4.69) is 10.2 Å². The highest BCUT2D eigenvalue weighted by molar-refractivity contribution is 5.83. The van der Waals surface area contributed by atoms with Crippen molar-refractivity contribution in [2.45, 2.75) is 114 Å². The van der Waals surface area contributed by atoms with Gasteiger partial charge in [-0.15, -0.1) is 0 Å². The number of hydrogen-bond acceptors (Lipinski definition) is 8. The molecule has 7 atom stereocenters. The second kappa shape index (κ2) is 11.6. The lowest BCUT2D eigenvalue weighted by Crippen LogP contribution is -2.56. The number of morpholine rings is 1. The molecule has 4 aliphatic heterocycles. The summed E-state index contributed by atoms with van der Waals surface area (Å²) in [5.41, 5.74) is -0.250. The third-order valence-electron chi connectivity index (χ3n) is 8.94. The number of nitrogens with one attached hydrogen (secondary N) is 1. The first kappa shape index (κ1) is 28.7. The van der Waals surface area contributed by atoms with Gasteiger partial charge in [0.05, 0.1) is 31.3 Å². The highest BCUT2D eigenvalue weighted by atomic mass is 16.5. The molecular weight excluding hydrogens is 504 g/mol. The van der Waals surface area contributed by atoms with Crippen LogP contribution >= 0.6 is 0 Å². The average Bonchev–Trinajstić information content (AvgIpc) is 3.59. The Balaban J connectivity index is 1.41. The van der Waals surface area contributed by atoms with E-state index in [0.717, 1.165) is 25.7 Å². The van der Waals surface area contributed by atoms with Crippen LogP contribution < -0.4 is 5.32 Å². The van der Waals surface area contributed by atoms with Crippen molar-refractivity contribution in [2.75, 3.05) is 39.3 Å². The Hall–Kier alpha value is -1.79. The molecule has 1 saturated carbocycles. The highest BCUT2D eigenvalue weighted by Crippen LogP contribution is 2.32. The molecule has 5 rings (SSSR count). The number of ether oxygens (including phenoxy) is 2. The largest absolute Gasteiger partial charge is 0.388 e. The van der Waals surface area contributed by atoms with E-state index in [1.807, 2.05) is 25.7 Å². The second-order valence-corrected chi connectivity index (χ2v) is 13.4. The lowest BCUT2D eigenvalue weighted by Gasteiger charge is -2.39. The van der Waals surface area contributed by atoms with Crippen molar-refractivity contribution >= 4 is 17.7 Å². The number of likely N-dealkylation sites (tertiary alicyclic amines) is 1. The fraction of sp³-hybridized carbons (Fsp3) is 0.893. The number of carbonyl (C=O) groups is 3. The van der Waals surface area contributed by atoms with Crippen LogP contribution in [0.5, 0.6) is 0 Å². The number of nitrogens with zero attached hydrogens (tertiary/aromatic N) is 3. The summed E-state index contributed by atoms with van der Waals surface area (Å²) in [5, 5.41) is 24.6. The topological polar surface area (TPSA) is 132 Å². The number of fused-ring (bicyclic) bond motifs is 6. The number of aliphatic hydroxyl groups is 2. The van der Waals surface area contributed by atoms with Crippen molar-refractivity contribution in [3.8, 4) is 0 Å². The molecule has 11 heteroatoms. The van der Waals surface area contributed by atoms with Crippen molar-refractivity contribution in [3.63, 3.8) is 0 Å². The molecule has 4 heterocycles. The van der Waals surface area contributed by atoms with Crippen molar-refractivity contribution in [1.82, 2.24) is 20.0 Å². The Morgan fingerprint density at radius 3 is 2.46 bits per heavy atom. The molecule has 1 aliphatic carbocycles. The van der Waals surface area contributed by atoms with Crippen LogP contribution in [0.1, 0.15) is 65.7 Å². The van der Waals surface area contributed by atoms with Crippen LogP contribution in [0.25, 0.3) is 0 Å². The van der Waals surface area contributed by atoms with Gasteiger partial charge in [0.25, 0.3) is 0 Å². The molecule has 6 bridgehead atoms. The lowest BCUT2D eigenvalue weighted by atomic mass is 9.91. The minimum Gasteiger partial charge on any atom is -0.388 e. The molecule has 3 N–H and O–H groups in total. The zero-order valence-corrected chi connectivity index (χ0v) is 23.6. The Kier molecular flexibility index (Phi) is 8.54. The first-order valence-electron chi connectivity index (χ1n) is 14.7. The SMILES string of the molecule is CC(C)(C)CC(=O)N1C[C@@H]2CN(CCO2)C(=O)[C@@H]2C[C@@H](CN2C2CCCC2)NC(=O)C[C@@H]2O[C@H](C1)[C@@H](O)[C@H]2O. The zero-order valence-electron chi connectivity index (χ0n) is 23.6. The van der Waals surface area contributed by atoms with Crippen LogP contribution in [0.2, 0.25) is 0 Å². The summed E-state index contributed by atoms with van der Waals surface area (Å²) in [5.74, 6) is -0.301. The molecule has 0 spiro atoms. The molecule has 0 unspecified atom stereocenters. The third-order valence-corrected chi connectivity index (χ3v) is 8.94. The summed E-state index contributed by atoms with van der Waals surface area (Å²) in [7, 11) is 0. The predicted octanol–water partition coefficient (Wildman–Crippen LogP) is -0.127. The number of hydrogen-bond donors (Lipinski definition) is 3. The molecule has 5 fully saturated rings. The fourth-order valence-corrected chi connectivity index (χ4v) is 7.01. The monoisotopic (exact) mass is 550 g/mol. The van der Waals surface area contributed by atoms with Gasteiger partial charge in [0.2, 0.25) is 17.7 Å². The van der Waals surface area contributed by atoms with E-state index >= 15 is 0 Å². The maximum atomic E-state index is 13.9. The highest BCUT2D eigenvalue weighted by Gasteiger charge is 2.47. The third kappa shape index (κ3) is 6.59. The summed E-state index contributed by atoms with van der Waals surface area (Å²) in [6.45, 7) is 8.17. The van der Waals surface area contributed by atoms with Crippen LogP contribution in [-0.2, 0) is 23.9 Å². The van der Waals surface area contributed by atoms with Gasteiger partial charge < -0.3 is 34.8 Å². The molecule has 39 heavy (non-hydrogen) atoms. The fourth-order valence-electron chi connectivity index (χ4n) is 7.01. The number of amides is 3. The summed E-state index contributed by atoms with van der Waals surface area (Å²) >= 11 is 0. The van der Waals surface area contributed by atoms with Gasteiger partial charge in [-0.25, -0.2) is 0 Å². The van der Waals surface area contributed by atoms with E-state index in [9.17, 15) is 24.6 Å². The molecular formula is C28H46N4O7. The number of carbonyl (C=O) groups excluding carboxylic acids is 3. The van der Waals surface area contributed by atoms with Crippen LogP contribution in [0.4, 0.5) is 0 Å². The van der Waals surface area contributed by atoms with Crippen LogP contribution in [-0.4, -0.2) is 131 Å². The summed E-state index contributed by atoms with van der Waals surface area (Å²) in [6.07, 6.45) is 0.635. The molecule has 0 aromatic rings. The van der Waals surface area contributed by atoms with Crippen LogP contribution in [0.15, 0.2) is 0 Å². The Morgan fingerprint density at radius 1 is 1.03 bits per heavy atom. The maximum absolute atomic E-state index is 13.9. The summed E-state index contributed by atoms with van der Waals surface area (Å²) in [4.78, 5) is 46.1. The van der Waals surface area contributed by atoms with Gasteiger partial charge in [-0.1, -0.05) is 33.6 Å². The van der Waals surface area contributed by atoms with Gasteiger partial charge in [-0.3, -0.25) is 19.3 Å². The van der Waals surface area contributed by atoms with E-state index in [1.165, 1.54) is 0 Å². The molecule has 3 amide bonds. The van der Waals surface area contributed by atoms with E-state index in [4.69, 9.17) is 9.47 Å². The molecule has 11 nitrogen and oxygen atoms in total. The Labute approximate surface area is 231 Å². The number of aliphatic hydroxyl groups excluding tert-OH is 2. The van der Waals surface area contributed by atoms with Crippen LogP contribution in [0.3, 0.4) is 0 Å². The first-order valence-corrected chi connectivity index (χ1v) is 14.7. The normalized spacial score (nSPS) is 37.4. The summed E-state index contributed by atoms with van der Waals surface area (Å²) in [6, 6.07) is -0.133.